The van der Waals surface area contributed by atoms with Crippen LogP contribution in [0.25, 0.3) is 0 Å². The maximum Gasteiger partial charge on any atom is 0.341 e. The standard InChI is InChI=1S/C21H20ClNO5S/c1-27-19(25)17-14-3-2-4-15(14)29-18(17)23-16(24)11-28-20(26)21(9-10-21)12-5-7-13(22)8-6-12/h5-8H,2-4,9-11H2,1H3,(H,23,24). The van der Waals surface area contributed by atoms with E-state index in [9.17, 15) is 14.4 Å². The molecule has 0 radical (unpaired) electrons. The first-order valence-corrected chi connectivity index (χ1v) is 10.6. The lowest BCUT2D eigenvalue weighted by Gasteiger charge is -2.15. The Morgan fingerprint density at radius 3 is 2.55 bits per heavy atom. The smallest absolute Gasteiger partial charge is 0.341 e. The molecule has 1 heterocycles. The Morgan fingerprint density at radius 2 is 1.90 bits per heavy atom. The Morgan fingerprint density at radius 1 is 1.17 bits per heavy atom. The van der Waals surface area contributed by atoms with Crippen molar-refractivity contribution in [2.24, 2.45) is 0 Å². The largest absolute Gasteiger partial charge is 0.465 e. The number of hydrogen-bond donors (Lipinski definition) is 1. The summed E-state index contributed by atoms with van der Waals surface area (Å²) in [5, 5.41) is 3.77. The molecule has 4 rings (SSSR count). The summed E-state index contributed by atoms with van der Waals surface area (Å²) in [5.74, 6) is -1.36. The molecular formula is C21H20ClNO5S. The lowest BCUT2D eigenvalue weighted by molar-refractivity contribution is -0.150. The molecule has 152 valence electrons. The van der Waals surface area contributed by atoms with Gasteiger partial charge in [0.25, 0.3) is 5.91 Å². The zero-order chi connectivity index (χ0) is 20.6. The lowest BCUT2D eigenvalue weighted by Crippen LogP contribution is -2.28. The van der Waals surface area contributed by atoms with E-state index in [0.717, 1.165) is 35.3 Å². The van der Waals surface area contributed by atoms with Gasteiger partial charge in [0.2, 0.25) is 0 Å². The molecule has 2 aliphatic carbocycles. The number of hydrogen-bond acceptors (Lipinski definition) is 6. The minimum atomic E-state index is -0.688. The normalized spacial score (nSPS) is 16.1. The quantitative estimate of drug-likeness (QED) is 0.699. The first-order chi connectivity index (χ1) is 13.9. The molecule has 1 N–H and O–H groups in total. The van der Waals surface area contributed by atoms with Gasteiger partial charge in [-0.05, 0) is 55.4 Å². The topological polar surface area (TPSA) is 81.7 Å². The molecule has 1 saturated carbocycles. The average Bonchev–Trinajstić information content (AvgIpc) is 3.29. The highest BCUT2D eigenvalue weighted by Gasteiger charge is 2.52. The third-order valence-corrected chi connectivity index (χ3v) is 6.89. The van der Waals surface area contributed by atoms with Crippen molar-refractivity contribution >= 4 is 45.8 Å². The van der Waals surface area contributed by atoms with Gasteiger partial charge in [0.05, 0.1) is 18.1 Å². The summed E-state index contributed by atoms with van der Waals surface area (Å²) in [6.45, 7) is -0.405. The number of methoxy groups -OCH3 is 1. The van der Waals surface area contributed by atoms with Crippen molar-refractivity contribution in [3.05, 3.63) is 50.9 Å². The maximum atomic E-state index is 12.6. The molecule has 2 aliphatic rings. The van der Waals surface area contributed by atoms with Crippen LogP contribution in [0.3, 0.4) is 0 Å². The minimum absolute atomic E-state index is 0.405. The lowest BCUT2D eigenvalue weighted by atomic mass is 9.96. The van der Waals surface area contributed by atoms with E-state index < -0.39 is 29.9 Å². The Balaban J connectivity index is 1.40. The first-order valence-electron chi connectivity index (χ1n) is 9.40. The molecule has 1 aromatic carbocycles. The van der Waals surface area contributed by atoms with Crippen molar-refractivity contribution in [2.75, 3.05) is 19.0 Å². The fraction of sp³-hybridized carbons (Fsp3) is 0.381. The van der Waals surface area contributed by atoms with Gasteiger partial charge in [-0.2, -0.15) is 0 Å². The van der Waals surface area contributed by atoms with Crippen LogP contribution in [-0.4, -0.2) is 31.6 Å². The predicted octanol–water partition coefficient (Wildman–Crippen LogP) is 3.89. The van der Waals surface area contributed by atoms with Crippen LogP contribution >= 0.6 is 22.9 Å². The monoisotopic (exact) mass is 433 g/mol. The van der Waals surface area contributed by atoms with Crippen LogP contribution in [0.5, 0.6) is 0 Å². The molecule has 0 unspecified atom stereocenters. The molecule has 8 heteroatoms. The van der Waals surface area contributed by atoms with Crippen molar-refractivity contribution < 1.29 is 23.9 Å². The van der Waals surface area contributed by atoms with Crippen molar-refractivity contribution in [1.82, 2.24) is 0 Å². The van der Waals surface area contributed by atoms with Gasteiger partial charge in [0.15, 0.2) is 6.61 Å². The predicted molar refractivity (Wildman–Crippen MR) is 110 cm³/mol. The van der Waals surface area contributed by atoms with Gasteiger partial charge in [-0.3, -0.25) is 9.59 Å². The fourth-order valence-electron chi connectivity index (χ4n) is 3.75. The number of nitrogens with one attached hydrogen (secondary N) is 1. The van der Waals surface area contributed by atoms with Crippen molar-refractivity contribution in [2.45, 2.75) is 37.5 Å². The van der Waals surface area contributed by atoms with E-state index in [2.05, 4.69) is 5.32 Å². The molecule has 1 fully saturated rings. The zero-order valence-electron chi connectivity index (χ0n) is 15.9. The van der Waals surface area contributed by atoms with E-state index in [1.807, 2.05) is 12.1 Å². The van der Waals surface area contributed by atoms with Crippen LogP contribution in [0.15, 0.2) is 24.3 Å². The maximum absolute atomic E-state index is 12.6. The Hall–Kier alpha value is -2.38. The minimum Gasteiger partial charge on any atom is -0.465 e. The molecule has 1 amide bonds. The average molecular weight is 434 g/mol. The van der Waals surface area contributed by atoms with E-state index in [-0.39, 0.29) is 0 Å². The highest BCUT2D eigenvalue weighted by molar-refractivity contribution is 7.17. The van der Waals surface area contributed by atoms with Crippen LogP contribution in [0.2, 0.25) is 5.02 Å². The van der Waals surface area contributed by atoms with Crippen LogP contribution < -0.4 is 5.32 Å². The van der Waals surface area contributed by atoms with Crippen molar-refractivity contribution in [3.8, 4) is 0 Å². The van der Waals surface area contributed by atoms with Gasteiger partial charge in [-0.25, -0.2) is 4.79 Å². The summed E-state index contributed by atoms with van der Waals surface area (Å²) in [6, 6.07) is 7.10. The molecule has 1 aromatic heterocycles. The number of fused-ring (bicyclic) bond motifs is 1. The molecular weight excluding hydrogens is 414 g/mol. The summed E-state index contributed by atoms with van der Waals surface area (Å²) < 4.78 is 10.2. The Kier molecular flexibility index (Phi) is 5.36. The van der Waals surface area contributed by atoms with Crippen molar-refractivity contribution in [1.29, 1.82) is 0 Å². The molecule has 0 saturated heterocycles. The summed E-state index contributed by atoms with van der Waals surface area (Å²) in [5.41, 5.74) is 1.53. The number of ether oxygens (including phenoxy) is 2. The number of esters is 2. The number of anilines is 1. The molecule has 2 aromatic rings. The molecule has 0 bridgehead atoms. The van der Waals surface area contributed by atoms with Crippen LogP contribution in [0.1, 0.15) is 45.6 Å². The summed E-state index contributed by atoms with van der Waals surface area (Å²) in [4.78, 5) is 38.2. The molecule has 0 aliphatic heterocycles. The Labute approximate surface area is 177 Å². The first kappa shape index (κ1) is 19.9. The van der Waals surface area contributed by atoms with E-state index in [0.29, 0.717) is 28.4 Å². The molecule has 0 spiro atoms. The van der Waals surface area contributed by atoms with E-state index in [1.54, 1.807) is 12.1 Å². The summed E-state index contributed by atoms with van der Waals surface area (Å²) >= 11 is 7.30. The van der Waals surface area contributed by atoms with Crippen LogP contribution in [0, 0.1) is 0 Å². The van der Waals surface area contributed by atoms with Crippen molar-refractivity contribution in [3.63, 3.8) is 0 Å². The second-order valence-electron chi connectivity index (χ2n) is 7.27. The highest BCUT2D eigenvalue weighted by atomic mass is 35.5. The number of rotatable bonds is 6. The molecule has 29 heavy (non-hydrogen) atoms. The van der Waals surface area contributed by atoms with Gasteiger partial charge < -0.3 is 14.8 Å². The summed E-state index contributed by atoms with van der Waals surface area (Å²) in [6.07, 6.45) is 4.03. The van der Waals surface area contributed by atoms with Gasteiger partial charge >= 0.3 is 11.9 Å². The van der Waals surface area contributed by atoms with Crippen LogP contribution in [-0.2, 0) is 37.3 Å². The van der Waals surface area contributed by atoms with E-state index in [4.69, 9.17) is 21.1 Å². The number of benzene rings is 1. The van der Waals surface area contributed by atoms with Gasteiger partial charge in [-0.1, -0.05) is 23.7 Å². The second-order valence-corrected chi connectivity index (χ2v) is 8.81. The molecule has 0 atom stereocenters. The van der Waals surface area contributed by atoms with E-state index in [1.165, 1.54) is 18.4 Å². The number of thiophene rings is 1. The number of amides is 1. The van der Waals surface area contributed by atoms with Crippen LogP contribution in [0.4, 0.5) is 5.00 Å². The Bertz CT molecular complexity index is 978. The van der Waals surface area contributed by atoms with Gasteiger partial charge in [-0.15, -0.1) is 11.3 Å². The van der Waals surface area contributed by atoms with Gasteiger partial charge in [0.1, 0.15) is 5.00 Å². The number of carbonyl (C=O) groups excluding carboxylic acids is 3. The summed E-state index contributed by atoms with van der Waals surface area (Å²) in [7, 11) is 1.32. The number of halogens is 1. The number of aryl methyl sites for hydroxylation is 1. The number of carbonyl (C=O) groups is 3. The van der Waals surface area contributed by atoms with Gasteiger partial charge in [0, 0.05) is 9.90 Å². The third kappa shape index (κ3) is 3.76. The fourth-order valence-corrected chi connectivity index (χ4v) is 5.17. The van der Waals surface area contributed by atoms with E-state index >= 15 is 0 Å². The third-order valence-electron chi connectivity index (χ3n) is 5.44. The molecule has 6 nitrogen and oxygen atoms in total. The highest BCUT2D eigenvalue weighted by Crippen LogP contribution is 2.49. The SMILES string of the molecule is COC(=O)c1c(NC(=O)COC(=O)C2(c3ccc(Cl)cc3)CC2)sc2c1CCC2. The zero-order valence-corrected chi connectivity index (χ0v) is 17.5. The second kappa shape index (κ2) is 7.80.